The number of amides is 1. The lowest BCUT2D eigenvalue weighted by molar-refractivity contribution is 0.0728. The lowest BCUT2D eigenvalue weighted by Gasteiger charge is -2.25. The van der Waals surface area contributed by atoms with Crippen molar-refractivity contribution in [2.24, 2.45) is 11.5 Å². The van der Waals surface area contributed by atoms with Gasteiger partial charge in [0.2, 0.25) is 0 Å². The monoisotopic (exact) mass is 396 g/mol. The molecule has 0 bridgehead atoms. The lowest BCUT2D eigenvalue weighted by atomic mass is 9.97. The summed E-state index contributed by atoms with van der Waals surface area (Å²) < 4.78 is 19.6. The molecule has 152 valence electrons. The van der Waals surface area contributed by atoms with E-state index in [1.807, 2.05) is 18.2 Å². The first-order valence-electron chi connectivity index (χ1n) is 9.76. The Morgan fingerprint density at radius 2 is 2.14 bits per heavy atom. The predicted molar refractivity (Wildman–Crippen MR) is 111 cm³/mol. The molecule has 1 aromatic heterocycles. The number of halogens is 1. The number of nitrogens with two attached hydrogens (primary N) is 2. The molecule has 5 N–H and O–H groups in total. The molecule has 0 fully saturated rings. The van der Waals surface area contributed by atoms with Crippen LogP contribution in [0.15, 0.2) is 36.4 Å². The van der Waals surface area contributed by atoms with Crippen LogP contribution in [0, 0.1) is 5.82 Å². The maximum absolute atomic E-state index is 14.0. The Balaban J connectivity index is 1.88. The van der Waals surface area contributed by atoms with Crippen LogP contribution in [-0.4, -0.2) is 42.0 Å². The number of nitrogens with one attached hydrogen (secondary N) is 1. The summed E-state index contributed by atoms with van der Waals surface area (Å²) in [6.07, 6.45) is 1.55. The summed E-state index contributed by atoms with van der Waals surface area (Å²) in [5.74, 6) is 0.189. The highest BCUT2D eigenvalue weighted by molar-refractivity contribution is 6.11. The summed E-state index contributed by atoms with van der Waals surface area (Å²) in [7, 11) is 1.61. The Morgan fingerprint density at radius 3 is 2.90 bits per heavy atom. The number of ether oxygens (including phenoxy) is 1. The molecule has 3 aromatic rings. The van der Waals surface area contributed by atoms with Crippen LogP contribution in [0.25, 0.3) is 22.0 Å². The smallest absolute Gasteiger partial charge is 0.271 e. The zero-order valence-corrected chi connectivity index (χ0v) is 16.4. The van der Waals surface area contributed by atoms with Crippen molar-refractivity contribution in [2.45, 2.75) is 25.4 Å². The fourth-order valence-electron chi connectivity index (χ4n) is 4.08. The fraction of sp³-hybridized carbons (Fsp3) is 0.318. The van der Waals surface area contributed by atoms with E-state index in [-0.39, 0.29) is 17.8 Å². The molecule has 0 radical (unpaired) electrons. The first kappa shape index (κ1) is 19.4. The number of hydrogen-bond donors (Lipinski definition) is 3. The number of aromatic nitrogens is 1. The van der Waals surface area contributed by atoms with Crippen molar-refractivity contribution in [1.82, 2.24) is 9.88 Å². The minimum atomic E-state index is -0.346. The summed E-state index contributed by atoms with van der Waals surface area (Å²) in [6, 6.07) is 10.0. The summed E-state index contributed by atoms with van der Waals surface area (Å²) in [5.41, 5.74) is 15.5. The van der Waals surface area contributed by atoms with Crippen molar-refractivity contribution in [3.05, 3.63) is 53.5 Å². The van der Waals surface area contributed by atoms with Gasteiger partial charge in [0.25, 0.3) is 5.91 Å². The Hall–Kier alpha value is -2.90. The molecule has 0 aliphatic carbocycles. The standard InChI is InChI=1S/C22H25FN4O2/c1-29-19-6-2-5-15-17(19)12-27(11-14(25)4-3-9-24)22(28)21-20(15)16-10-13(23)7-8-18(16)26-21/h2,5-8,10,14,26H,3-4,9,11-12,24-25H2,1H3/t14-/m0/s1. The zero-order valence-electron chi connectivity index (χ0n) is 16.4. The average molecular weight is 396 g/mol. The number of carbonyl (C=O) groups is 1. The quantitative estimate of drug-likeness (QED) is 0.597. The largest absolute Gasteiger partial charge is 0.496 e. The highest BCUT2D eigenvalue weighted by Gasteiger charge is 2.31. The first-order valence-corrected chi connectivity index (χ1v) is 9.76. The normalized spacial score (nSPS) is 14.5. The van der Waals surface area contributed by atoms with E-state index in [1.165, 1.54) is 12.1 Å². The molecule has 2 aromatic carbocycles. The van der Waals surface area contributed by atoms with Crippen LogP contribution in [-0.2, 0) is 6.54 Å². The second-order valence-electron chi connectivity index (χ2n) is 7.43. The van der Waals surface area contributed by atoms with Gasteiger partial charge in [-0.05, 0) is 49.2 Å². The number of rotatable bonds is 6. The number of fused-ring (bicyclic) bond motifs is 5. The van der Waals surface area contributed by atoms with Gasteiger partial charge < -0.3 is 26.1 Å². The highest BCUT2D eigenvalue weighted by Crippen LogP contribution is 2.41. The number of carbonyl (C=O) groups excluding carboxylic acids is 1. The molecule has 29 heavy (non-hydrogen) atoms. The third-order valence-corrected chi connectivity index (χ3v) is 5.47. The van der Waals surface area contributed by atoms with Gasteiger partial charge in [-0.1, -0.05) is 12.1 Å². The predicted octanol–water partition coefficient (Wildman–Crippen LogP) is 3.00. The second kappa shape index (κ2) is 7.85. The first-order chi connectivity index (χ1) is 14.0. The van der Waals surface area contributed by atoms with Gasteiger partial charge in [-0.25, -0.2) is 4.39 Å². The molecule has 1 aliphatic rings. The van der Waals surface area contributed by atoms with E-state index in [0.717, 1.165) is 24.0 Å². The van der Waals surface area contributed by atoms with Gasteiger partial charge in [-0.3, -0.25) is 4.79 Å². The van der Waals surface area contributed by atoms with Crippen LogP contribution in [0.2, 0.25) is 0 Å². The van der Waals surface area contributed by atoms with E-state index in [1.54, 1.807) is 18.1 Å². The van der Waals surface area contributed by atoms with Crippen LogP contribution >= 0.6 is 0 Å². The summed E-state index contributed by atoms with van der Waals surface area (Å²) in [6.45, 7) is 1.34. The van der Waals surface area contributed by atoms with Crippen LogP contribution in [0.4, 0.5) is 4.39 Å². The summed E-state index contributed by atoms with van der Waals surface area (Å²) >= 11 is 0. The van der Waals surface area contributed by atoms with Gasteiger partial charge in [0.15, 0.2) is 0 Å². The van der Waals surface area contributed by atoms with Crippen molar-refractivity contribution in [3.8, 4) is 16.9 Å². The van der Waals surface area contributed by atoms with Crippen LogP contribution in [0.5, 0.6) is 5.75 Å². The van der Waals surface area contributed by atoms with Gasteiger partial charge in [-0.2, -0.15) is 0 Å². The molecule has 0 saturated heterocycles. The van der Waals surface area contributed by atoms with Gasteiger partial charge >= 0.3 is 0 Å². The zero-order chi connectivity index (χ0) is 20.5. The van der Waals surface area contributed by atoms with E-state index in [4.69, 9.17) is 16.2 Å². The van der Waals surface area contributed by atoms with Gasteiger partial charge in [0, 0.05) is 34.6 Å². The molecule has 4 rings (SSSR count). The second-order valence-corrected chi connectivity index (χ2v) is 7.43. The molecule has 0 unspecified atom stereocenters. The van der Waals surface area contributed by atoms with E-state index < -0.39 is 0 Å². The number of hydrogen-bond acceptors (Lipinski definition) is 4. The molecule has 2 heterocycles. The van der Waals surface area contributed by atoms with Crippen LogP contribution in [0.3, 0.4) is 0 Å². The van der Waals surface area contributed by atoms with Gasteiger partial charge in [-0.15, -0.1) is 0 Å². The molecule has 0 saturated carbocycles. The van der Waals surface area contributed by atoms with E-state index in [9.17, 15) is 9.18 Å². The molecule has 1 amide bonds. The number of benzene rings is 2. The van der Waals surface area contributed by atoms with E-state index >= 15 is 0 Å². The average Bonchev–Trinajstić information content (AvgIpc) is 3.04. The minimum Gasteiger partial charge on any atom is -0.496 e. The molecular weight excluding hydrogens is 371 g/mol. The Labute approximate surface area is 168 Å². The van der Waals surface area contributed by atoms with Crippen LogP contribution in [0.1, 0.15) is 28.9 Å². The van der Waals surface area contributed by atoms with Crippen molar-refractivity contribution >= 4 is 16.8 Å². The number of methoxy groups -OCH3 is 1. The molecule has 6 nitrogen and oxygen atoms in total. The molecule has 1 aliphatic heterocycles. The molecule has 1 atom stereocenters. The summed E-state index contributed by atoms with van der Waals surface area (Å²) in [4.78, 5) is 18.4. The third kappa shape index (κ3) is 3.47. The van der Waals surface area contributed by atoms with Gasteiger partial charge in [0.05, 0.1) is 13.7 Å². The minimum absolute atomic E-state index is 0.155. The molecule has 7 heteroatoms. The molecular formula is C22H25FN4O2. The Kier molecular flexibility index (Phi) is 5.25. The third-order valence-electron chi connectivity index (χ3n) is 5.47. The number of aromatic amines is 1. The van der Waals surface area contributed by atoms with Gasteiger partial charge in [0.1, 0.15) is 17.3 Å². The number of nitrogens with zero attached hydrogens (tertiary/aromatic N) is 1. The number of H-pyrrole nitrogens is 1. The topological polar surface area (TPSA) is 97.4 Å². The van der Waals surface area contributed by atoms with Crippen molar-refractivity contribution in [2.75, 3.05) is 20.2 Å². The fourth-order valence-corrected chi connectivity index (χ4v) is 4.08. The maximum atomic E-state index is 14.0. The van der Waals surface area contributed by atoms with Crippen molar-refractivity contribution < 1.29 is 13.9 Å². The summed E-state index contributed by atoms with van der Waals surface area (Å²) in [5, 5.41) is 0.678. The van der Waals surface area contributed by atoms with E-state index in [0.29, 0.717) is 47.5 Å². The lowest BCUT2D eigenvalue weighted by Crippen LogP contribution is -2.40. The molecule has 0 spiro atoms. The Bertz CT molecular complexity index is 1060. The Morgan fingerprint density at radius 1 is 1.31 bits per heavy atom. The van der Waals surface area contributed by atoms with Crippen molar-refractivity contribution in [3.63, 3.8) is 0 Å². The van der Waals surface area contributed by atoms with Crippen molar-refractivity contribution in [1.29, 1.82) is 0 Å². The highest BCUT2D eigenvalue weighted by atomic mass is 19.1. The SMILES string of the molecule is COc1cccc2c1CN(C[C@@H](N)CCCN)C(=O)c1[nH]c3ccc(F)cc3c1-2. The van der Waals surface area contributed by atoms with E-state index in [2.05, 4.69) is 4.98 Å². The maximum Gasteiger partial charge on any atom is 0.271 e. The van der Waals surface area contributed by atoms with Crippen LogP contribution < -0.4 is 16.2 Å².